The number of halogens is 1. The maximum atomic E-state index is 10.1. The average Bonchev–Trinajstić information content (AvgIpc) is 2.30. The lowest BCUT2D eigenvalue weighted by Crippen LogP contribution is -2.40. The molecule has 0 saturated heterocycles. The van der Waals surface area contributed by atoms with Crippen LogP contribution in [0.3, 0.4) is 0 Å². The van der Waals surface area contributed by atoms with Gasteiger partial charge in [0, 0.05) is 11.0 Å². The van der Waals surface area contributed by atoms with Gasteiger partial charge in [-0.2, -0.15) is 0 Å². The largest absolute Gasteiger partial charge is 0.389 e. The van der Waals surface area contributed by atoms with E-state index < -0.39 is 5.60 Å². The zero-order chi connectivity index (χ0) is 11.6. The fourth-order valence-corrected chi connectivity index (χ4v) is 2.87. The normalized spacial score (nSPS) is 30.3. The standard InChI is InChI=1S/C13H18BrNO/c14-12-3-1-2-11(8-12)10-4-6-13(16,9-15)7-5-10/h1-3,8,10,16H,4-7,9,15H2. The summed E-state index contributed by atoms with van der Waals surface area (Å²) in [6, 6.07) is 8.46. The molecule has 1 aromatic carbocycles. The Morgan fingerprint density at radius 1 is 1.38 bits per heavy atom. The molecule has 0 amide bonds. The maximum Gasteiger partial charge on any atom is 0.0769 e. The van der Waals surface area contributed by atoms with Crippen molar-refractivity contribution in [3.63, 3.8) is 0 Å². The van der Waals surface area contributed by atoms with Crippen molar-refractivity contribution in [2.75, 3.05) is 6.54 Å². The Morgan fingerprint density at radius 3 is 2.62 bits per heavy atom. The van der Waals surface area contributed by atoms with Gasteiger partial charge in [0.25, 0.3) is 0 Å². The van der Waals surface area contributed by atoms with Gasteiger partial charge < -0.3 is 10.8 Å². The molecule has 0 radical (unpaired) electrons. The van der Waals surface area contributed by atoms with Crippen molar-refractivity contribution >= 4 is 15.9 Å². The molecule has 3 heteroatoms. The van der Waals surface area contributed by atoms with Crippen LogP contribution in [0.5, 0.6) is 0 Å². The Morgan fingerprint density at radius 2 is 2.06 bits per heavy atom. The summed E-state index contributed by atoms with van der Waals surface area (Å²) in [6.45, 7) is 0.387. The van der Waals surface area contributed by atoms with Crippen molar-refractivity contribution in [3.05, 3.63) is 34.3 Å². The van der Waals surface area contributed by atoms with Gasteiger partial charge in [0.1, 0.15) is 0 Å². The number of hydrogen-bond acceptors (Lipinski definition) is 2. The predicted molar refractivity (Wildman–Crippen MR) is 69.4 cm³/mol. The summed E-state index contributed by atoms with van der Waals surface area (Å²) < 4.78 is 1.13. The van der Waals surface area contributed by atoms with Crippen molar-refractivity contribution in [1.82, 2.24) is 0 Å². The molecule has 3 N–H and O–H groups in total. The lowest BCUT2D eigenvalue weighted by atomic mass is 9.76. The summed E-state index contributed by atoms with van der Waals surface area (Å²) in [5.74, 6) is 0.573. The summed E-state index contributed by atoms with van der Waals surface area (Å²) >= 11 is 3.50. The molecule has 1 fully saturated rings. The monoisotopic (exact) mass is 283 g/mol. The van der Waals surface area contributed by atoms with Gasteiger partial charge in [0.05, 0.1) is 5.60 Å². The van der Waals surface area contributed by atoms with Crippen LogP contribution in [0.15, 0.2) is 28.7 Å². The number of nitrogens with two attached hydrogens (primary N) is 1. The minimum atomic E-state index is -0.609. The van der Waals surface area contributed by atoms with Crippen molar-refractivity contribution in [2.45, 2.75) is 37.2 Å². The Bertz CT molecular complexity index is 359. The zero-order valence-corrected chi connectivity index (χ0v) is 10.9. The lowest BCUT2D eigenvalue weighted by Gasteiger charge is -2.35. The second-order valence-corrected chi connectivity index (χ2v) is 5.67. The summed E-state index contributed by atoms with van der Waals surface area (Å²) in [5, 5.41) is 10.1. The van der Waals surface area contributed by atoms with Gasteiger partial charge in [-0.05, 0) is 49.3 Å². The van der Waals surface area contributed by atoms with E-state index in [0.29, 0.717) is 12.5 Å². The second-order valence-electron chi connectivity index (χ2n) is 4.76. The Balaban J connectivity index is 2.04. The van der Waals surface area contributed by atoms with Crippen LogP contribution in [0.25, 0.3) is 0 Å². The quantitative estimate of drug-likeness (QED) is 0.877. The van der Waals surface area contributed by atoms with E-state index in [9.17, 15) is 5.11 Å². The lowest BCUT2D eigenvalue weighted by molar-refractivity contribution is 0.00766. The van der Waals surface area contributed by atoms with E-state index in [1.165, 1.54) is 5.56 Å². The van der Waals surface area contributed by atoms with Gasteiger partial charge in [-0.25, -0.2) is 0 Å². The highest BCUT2D eigenvalue weighted by Gasteiger charge is 2.32. The molecule has 88 valence electrons. The van der Waals surface area contributed by atoms with Gasteiger partial charge >= 0.3 is 0 Å². The third-order valence-electron chi connectivity index (χ3n) is 3.62. The summed E-state index contributed by atoms with van der Waals surface area (Å²) in [4.78, 5) is 0. The molecule has 0 atom stereocenters. The fraction of sp³-hybridized carbons (Fsp3) is 0.538. The van der Waals surface area contributed by atoms with Crippen LogP contribution in [0.1, 0.15) is 37.2 Å². The molecule has 16 heavy (non-hydrogen) atoms. The SMILES string of the molecule is NCC1(O)CCC(c2cccc(Br)c2)CC1. The first-order chi connectivity index (χ1) is 7.63. The molecule has 0 bridgehead atoms. The Hall–Kier alpha value is -0.380. The summed E-state index contributed by atoms with van der Waals surface area (Å²) in [5.41, 5.74) is 6.35. The van der Waals surface area contributed by atoms with Crippen LogP contribution < -0.4 is 5.73 Å². The van der Waals surface area contributed by atoms with E-state index in [1.807, 2.05) is 6.07 Å². The molecule has 1 saturated carbocycles. The topological polar surface area (TPSA) is 46.2 Å². The summed E-state index contributed by atoms with van der Waals surface area (Å²) in [7, 11) is 0. The molecular weight excluding hydrogens is 266 g/mol. The van der Waals surface area contributed by atoms with Crippen molar-refractivity contribution in [2.24, 2.45) is 5.73 Å². The van der Waals surface area contributed by atoms with Crippen LogP contribution in [0, 0.1) is 0 Å². The minimum absolute atomic E-state index is 0.387. The van der Waals surface area contributed by atoms with Crippen molar-refractivity contribution in [3.8, 4) is 0 Å². The van der Waals surface area contributed by atoms with Crippen molar-refractivity contribution < 1.29 is 5.11 Å². The smallest absolute Gasteiger partial charge is 0.0769 e. The number of hydrogen-bond donors (Lipinski definition) is 2. The first kappa shape index (κ1) is 12.1. The Labute approximate surface area is 105 Å². The van der Waals surface area contributed by atoms with Gasteiger partial charge in [0.15, 0.2) is 0 Å². The number of rotatable bonds is 2. The minimum Gasteiger partial charge on any atom is -0.389 e. The van der Waals surface area contributed by atoms with Gasteiger partial charge in [0.2, 0.25) is 0 Å². The Kier molecular flexibility index (Phi) is 3.67. The van der Waals surface area contributed by atoms with E-state index in [-0.39, 0.29) is 0 Å². The second kappa shape index (κ2) is 4.86. The fourth-order valence-electron chi connectivity index (χ4n) is 2.45. The van der Waals surface area contributed by atoms with Gasteiger partial charge in [-0.1, -0.05) is 28.1 Å². The van der Waals surface area contributed by atoms with Gasteiger partial charge in [-0.3, -0.25) is 0 Å². The van der Waals surface area contributed by atoms with Gasteiger partial charge in [-0.15, -0.1) is 0 Å². The molecule has 0 heterocycles. The third kappa shape index (κ3) is 2.65. The first-order valence-corrected chi connectivity index (χ1v) is 6.60. The highest BCUT2D eigenvalue weighted by atomic mass is 79.9. The third-order valence-corrected chi connectivity index (χ3v) is 4.11. The molecule has 0 spiro atoms. The maximum absolute atomic E-state index is 10.1. The highest BCUT2D eigenvalue weighted by Crippen LogP contribution is 2.37. The van der Waals surface area contributed by atoms with Crippen LogP contribution in [-0.2, 0) is 0 Å². The average molecular weight is 284 g/mol. The molecule has 1 aromatic rings. The van der Waals surface area contributed by atoms with Crippen molar-refractivity contribution in [1.29, 1.82) is 0 Å². The first-order valence-electron chi connectivity index (χ1n) is 5.81. The molecule has 0 aliphatic heterocycles. The molecule has 1 aliphatic carbocycles. The van der Waals surface area contributed by atoms with E-state index in [4.69, 9.17) is 5.73 Å². The van der Waals surface area contributed by atoms with Crippen LogP contribution in [0.2, 0.25) is 0 Å². The molecule has 2 rings (SSSR count). The molecular formula is C13H18BrNO. The zero-order valence-electron chi connectivity index (χ0n) is 9.32. The van der Waals surface area contributed by atoms with Crippen LogP contribution >= 0.6 is 15.9 Å². The van der Waals surface area contributed by atoms with E-state index in [1.54, 1.807) is 0 Å². The molecule has 0 unspecified atom stereocenters. The summed E-state index contributed by atoms with van der Waals surface area (Å²) in [6.07, 6.45) is 3.70. The number of aliphatic hydroxyl groups is 1. The number of benzene rings is 1. The molecule has 1 aliphatic rings. The van der Waals surface area contributed by atoms with E-state index >= 15 is 0 Å². The van der Waals surface area contributed by atoms with Crippen LogP contribution in [0.4, 0.5) is 0 Å². The predicted octanol–water partition coefficient (Wildman–Crippen LogP) is 2.80. The van der Waals surface area contributed by atoms with E-state index in [0.717, 1.165) is 30.2 Å². The van der Waals surface area contributed by atoms with E-state index in [2.05, 4.69) is 34.1 Å². The molecule has 2 nitrogen and oxygen atoms in total. The van der Waals surface area contributed by atoms with Crippen LogP contribution in [-0.4, -0.2) is 17.3 Å². The molecule has 0 aromatic heterocycles. The highest BCUT2D eigenvalue weighted by molar-refractivity contribution is 9.10.